The van der Waals surface area contributed by atoms with Crippen LogP contribution in [0.1, 0.15) is 21.6 Å². The maximum atomic E-state index is 12.4. The van der Waals surface area contributed by atoms with Crippen LogP contribution in [0.4, 0.5) is 21.3 Å². The highest BCUT2D eigenvalue weighted by Gasteiger charge is 2.13. The summed E-state index contributed by atoms with van der Waals surface area (Å²) in [4.78, 5) is 28.6. The number of hydrogen-bond donors (Lipinski definition) is 3. The molecule has 3 N–H and O–H groups in total. The number of carbonyl (C=O) groups is 2. The van der Waals surface area contributed by atoms with Gasteiger partial charge in [0.05, 0.1) is 0 Å². The summed E-state index contributed by atoms with van der Waals surface area (Å²) in [6, 6.07) is 12.1. The molecule has 8 heteroatoms. The summed E-state index contributed by atoms with van der Waals surface area (Å²) >= 11 is 6.98. The van der Waals surface area contributed by atoms with Crippen LogP contribution >= 0.6 is 22.9 Å². The Morgan fingerprint density at radius 3 is 2.44 bits per heavy atom. The molecule has 0 aliphatic rings. The lowest BCUT2D eigenvalue weighted by Gasteiger charge is -2.07. The lowest BCUT2D eigenvalue weighted by molar-refractivity contribution is 0.102. The first-order valence-electron chi connectivity index (χ1n) is 8.08. The van der Waals surface area contributed by atoms with Gasteiger partial charge in [0.2, 0.25) is 0 Å². The van der Waals surface area contributed by atoms with Gasteiger partial charge >= 0.3 is 6.03 Å². The Hall–Kier alpha value is -2.90. The molecular formula is C19H17ClN4O2S. The molecule has 0 bridgehead atoms. The Kier molecular flexibility index (Phi) is 5.73. The zero-order chi connectivity index (χ0) is 19.4. The normalized spacial score (nSPS) is 10.3. The highest BCUT2D eigenvalue weighted by Crippen LogP contribution is 2.20. The summed E-state index contributed by atoms with van der Waals surface area (Å²) in [5.41, 5.74) is 3.66. The molecule has 1 aromatic heterocycles. The Morgan fingerprint density at radius 1 is 1.00 bits per heavy atom. The first-order valence-corrected chi connectivity index (χ1v) is 9.34. The van der Waals surface area contributed by atoms with Gasteiger partial charge in [0, 0.05) is 21.8 Å². The third-order valence-electron chi connectivity index (χ3n) is 3.69. The molecule has 6 nitrogen and oxygen atoms in total. The second-order valence-corrected chi connectivity index (χ2v) is 7.19. The second-order valence-electron chi connectivity index (χ2n) is 5.90. The summed E-state index contributed by atoms with van der Waals surface area (Å²) < 4.78 is 0. The van der Waals surface area contributed by atoms with E-state index in [0.29, 0.717) is 15.8 Å². The predicted octanol–water partition coefficient (Wildman–Crippen LogP) is 5.31. The summed E-state index contributed by atoms with van der Waals surface area (Å²) in [7, 11) is 0. The molecule has 1 heterocycles. The minimum Gasteiger partial charge on any atom is -0.320 e. The Balaban J connectivity index is 1.61. The number of aryl methyl sites for hydroxylation is 2. The minimum absolute atomic E-state index is 0.238. The van der Waals surface area contributed by atoms with Crippen molar-refractivity contribution in [1.29, 1.82) is 0 Å². The maximum Gasteiger partial charge on any atom is 0.325 e. The van der Waals surface area contributed by atoms with Crippen molar-refractivity contribution in [1.82, 2.24) is 4.98 Å². The topological polar surface area (TPSA) is 83.1 Å². The predicted molar refractivity (Wildman–Crippen MR) is 110 cm³/mol. The van der Waals surface area contributed by atoms with E-state index in [1.54, 1.807) is 29.6 Å². The van der Waals surface area contributed by atoms with Gasteiger partial charge < -0.3 is 10.6 Å². The number of hydrogen-bond acceptors (Lipinski definition) is 4. The van der Waals surface area contributed by atoms with Crippen molar-refractivity contribution in [3.05, 3.63) is 69.7 Å². The lowest BCUT2D eigenvalue weighted by Crippen LogP contribution is -2.19. The molecular weight excluding hydrogens is 384 g/mol. The minimum atomic E-state index is -0.451. The van der Waals surface area contributed by atoms with Crippen LogP contribution in [0.2, 0.25) is 5.02 Å². The van der Waals surface area contributed by atoms with E-state index in [1.807, 2.05) is 32.0 Å². The standard InChI is InChI=1S/C19H17ClN4O2S/c1-11-3-8-15(12(2)9-11)22-17(25)16-10-27-19(23-16)24-18(26)21-14-6-4-13(20)5-7-14/h3-10H,1-2H3,(H,22,25)(H2,21,23,24,26). The van der Waals surface area contributed by atoms with Gasteiger partial charge in [-0.3, -0.25) is 10.1 Å². The first kappa shape index (κ1) is 18.9. The van der Waals surface area contributed by atoms with E-state index in [-0.39, 0.29) is 11.6 Å². The highest BCUT2D eigenvalue weighted by atomic mass is 35.5. The summed E-state index contributed by atoms with van der Waals surface area (Å²) in [5, 5.41) is 10.6. The zero-order valence-corrected chi connectivity index (χ0v) is 16.2. The molecule has 0 saturated carbocycles. The van der Waals surface area contributed by atoms with Gasteiger partial charge in [0.1, 0.15) is 5.69 Å². The molecule has 3 rings (SSSR count). The highest BCUT2D eigenvalue weighted by molar-refractivity contribution is 7.14. The molecule has 2 aromatic carbocycles. The fourth-order valence-electron chi connectivity index (χ4n) is 2.37. The van der Waals surface area contributed by atoms with Crippen molar-refractivity contribution in [3.63, 3.8) is 0 Å². The van der Waals surface area contributed by atoms with Gasteiger partial charge in [0.25, 0.3) is 5.91 Å². The van der Waals surface area contributed by atoms with Crippen LogP contribution in [0.3, 0.4) is 0 Å². The van der Waals surface area contributed by atoms with Gasteiger partial charge in [-0.2, -0.15) is 0 Å². The van der Waals surface area contributed by atoms with Crippen molar-refractivity contribution in [3.8, 4) is 0 Å². The Bertz CT molecular complexity index is 986. The van der Waals surface area contributed by atoms with Crippen LogP contribution in [-0.4, -0.2) is 16.9 Å². The summed E-state index contributed by atoms with van der Waals surface area (Å²) in [5.74, 6) is -0.329. The number of halogens is 1. The fourth-order valence-corrected chi connectivity index (χ4v) is 3.18. The third-order valence-corrected chi connectivity index (χ3v) is 4.70. The van der Waals surface area contributed by atoms with Crippen molar-refractivity contribution in [2.24, 2.45) is 0 Å². The number of benzene rings is 2. The molecule has 3 amide bonds. The van der Waals surface area contributed by atoms with E-state index in [4.69, 9.17) is 11.6 Å². The molecule has 0 aliphatic heterocycles. The number of carbonyl (C=O) groups excluding carboxylic acids is 2. The number of nitrogens with zero attached hydrogens (tertiary/aromatic N) is 1. The Morgan fingerprint density at radius 2 is 1.74 bits per heavy atom. The molecule has 138 valence electrons. The van der Waals surface area contributed by atoms with E-state index in [2.05, 4.69) is 20.9 Å². The smallest absolute Gasteiger partial charge is 0.320 e. The number of urea groups is 1. The number of anilines is 3. The monoisotopic (exact) mass is 400 g/mol. The van der Waals surface area contributed by atoms with Crippen LogP contribution in [-0.2, 0) is 0 Å². The number of rotatable bonds is 4. The van der Waals surface area contributed by atoms with Crippen LogP contribution < -0.4 is 16.0 Å². The van der Waals surface area contributed by atoms with Crippen molar-refractivity contribution < 1.29 is 9.59 Å². The van der Waals surface area contributed by atoms with Crippen LogP contribution in [0.25, 0.3) is 0 Å². The zero-order valence-electron chi connectivity index (χ0n) is 14.7. The number of nitrogens with one attached hydrogen (secondary N) is 3. The van der Waals surface area contributed by atoms with Gasteiger partial charge in [-0.1, -0.05) is 29.3 Å². The Labute approximate surface area is 165 Å². The molecule has 0 atom stereocenters. The molecule has 0 saturated heterocycles. The van der Waals surface area contributed by atoms with Crippen molar-refractivity contribution in [2.45, 2.75) is 13.8 Å². The van der Waals surface area contributed by atoms with Crippen LogP contribution in [0.15, 0.2) is 47.8 Å². The van der Waals surface area contributed by atoms with Crippen molar-refractivity contribution >= 4 is 51.4 Å². The molecule has 0 aliphatic carbocycles. The third kappa shape index (κ3) is 5.06. The van der Waals surface area contributed by atoms with Gasteiger partial charge in [-0.25, -0.2) is 9.78 Å². The van der Waals surface area contributed by atoms with E-state index in [1.165, 1.54) is 11.3 Å². The van der Waals surface area contributed by atoms with E-state index >= 15 is 0 Å². The molecule has 0 unspecified atom stereocenters. The van der Waals surface area contributed by atoms with Crippen LogP contribution in [0.5, 0.6) is 0 Å². The second kappa shape index (κ2) is 8.20. The lowest BCUT2D eigenvalue weighted by atomic mass is 10.1. The molecule has 0 spiro atoms. The summed E-state index contributed by atoms with van der Waals surface area (Å²) in [6.45, 7) is 3.92. The van der Waals surface area contributed by atoms with E-state index < -0.39 is 6.03 Å². The molecule has 3 aromatic rings. The number of amides is 3. The average molecular weight is 401 g/mol. The quantitative estimate of drug-likeness (QED) is 0.555. The number of thiazole rings is 1. The van der Waals surface area contributed by atoms with Gasteiger partial charge in [0.15, 0.2) is 5.13 Å². The largest absolute Gasteiger partial charge is 0.325 e. The van der Waals surface area contributed by atoms with Gasteiger partial charge in [-0.15, -0.1) is 11.3 Å². The molecule has 27 heavy (non-hydrogen) atoms. The number of aromatic nitrogens is 1. The maximum absolute atomic E-state index is 12.4. The van der Waals surface area contributed by atoms with Crippen LogP contribution in [0, 0.1) is 13.8 Å². The molecule has 0 fully saturated rings. The summed E-state index contributed by atoms with van der Waals surface area (Å²) in [6.07, 6.45) is 0. The molecule has 0 radical (unpaired) electrons. The SMILES string of the molecule is Cc1ccc(NC(=O)c2csc(NC(=O)Nc3ccc(Cl)cc3)n2)c(C)c1. The average Bonchev–Trinajstić information content (AvgIpc) is 3.08. The van der Waals surface area contributed by atoms with Crippen molar-refractivity contribution in [2.75, 3.05) is 16.0 Å². The fraction of sp³-hybridized carbons (Fsp3) is 0.105. The van der Waals surface area contributed by atoms with E-state index in [0.717, 1.165) is 16.8 Å². The van der Waals surface area contributed by atoms with Gasteiger partial charge in [-0.05, 0) is 49.7 Å². The first-order chi connectivity index (χ1) is 12.9. The van der Waals surface area contributed by atoms with E-state index in [9.17, 15) is 9.59 Å².